The van der Waals surface area contributed by atoms with E-state index in [0.717, 1.165) is 13.1 Å². The molecule has 1 amide bonds. The van der Waals surface area contributed by atoms with E-state index in [4.69, 9.17) is 4.74 Å². The molecule has 0 aromatic heterocycles. The van der Waals surface area contributed by atoms with Crippen LogP contribution in [0.15, 0.2) is 61.2 Å². The molecule has 8 heteroatoms. The van der Waals surface area contributed by atoms with Gasteiger partial charge in [0.1, 0.15) is 12.4 Å². The number of carbonyl (C=O) groups excluding carboxylic acids is 1. The number of piperazine rings is 1. The first-order valence-electron chi connectivity index (χ1n) is 9.78. The molecule has 0 aliphatic carbocycles. The molecule has 30 heavy (non-hydrogen) atoms. The second kappa shape index (κ2) is 9.88. The number of nitrogens with one attached hydrogen (secondary N) is 1. The first kappa shape index (κ1) is 22.0. The van der Waals surface area contributed by atoms with Crippen LogP contribution in [0.25, 0.3) is 0 Å². The molecule has 0 unspecified atom stereocenters. The standard InChI is InChI=1S/C22H27N3O4S/c1-3-16-29-21-10-8-20(9-11-21)23-22(26)19-6-4-18(5-7-19)17-30(27,28)25-14-12-24(2)13-15-25/h3-11H,1,12-17H2,2H3,(H,23,26). The molecular formula is C22H27N3O4S. The van der Waals surface area contributed by atoms with Gasteiger partial charge >= 0.3 is 0 Å². The molecule has 1 aliphatic heterocycles. The zero-order valence-electron chi connectivity index (χ0n) is 17.1. The van der Waals surface area contributed by atoms with E-state index in [-0.39, 0.29) is 11.7 Å². The largest absolute Gasteiger partial charge is 0.490 e. The van der Waals surface area contributed by atoms with Crippen LogP contribution in [-0.2, 0) is 15.8 Å². The van der Waals surface area contributed by atoms with Crippen LogP contribution < -0.4 is 10.1 Å². The summed E-state index contributed by atoms with van der Waals surface area (Å²) >= 11 is 0. The molecule has 1 saturated heterocycles. The maximum absolute atomic E-state index is 12.6. The summed E-state index contributed by atoms with van der Waals surface area (Å²) in [5.74, 6) is 0.368. The lowest BCUT2D eigenvalue weighted by Crippen LogP contribution is -2.47. The molecule has 7 nitrogen and oxygen atoms in total. The van der Waals surface area contributed by atoms with E-state index in [1.54, 1.807) is 54.6 Å². The van der Waals surface area contributed by atoms with Crippen molar-refractivity contribution in [3.63, 3.8) is 0 Å². The number of nitrogens with zero attached hydrogens (tertiary/aromatic N) is 2. The van der Waals surface area contributed by atoms with Crippen molar-refractivity contribution in [2.45, 2.75) is 5.75 Å². The third-order valence-corrected chi connectivity index (χ3v) is 6.75. The smallest absolute Gasteiger partial charge is 0.255 e. The quantitative estimate of drug-likeness (QED) is 0.653. The molecule has 1 aliphatic rings. The lowest BCUT2D eigenvalue weighted by atomic mass is 10.1. The zero-order chi connectivity index (χ0) is 21.6. The van der Waals surface area contributed by atoms with E-state index in [9.17, 15) is 13.2 Å². The van der Waals surface area contributed by atoms with Gasteiger partial charge in [-0.2, -0.15) is 4.31 Å². The van der Waals surface area contributed by atoms with Gasteiger partial charge in [-0.25, -0.2) is 8.42 Å². The van der Waals surface area contributed by atoms with Crippen LogP contribution in [0.1, 0.15) is 15.9 Å². The Balaban J connectivity index is 1.58. The second-order valence-electron chi connectivity index (χ2n) is 7.23. The van der Waals surface area contributed by atoms with Gasteiger partial charge in [-0.1, -0.05) is 24.8 Å². The number of sulfonamides is 1. The Morgan fingerprint density at radius 2 is 1.70 bits per heavy atom. The molecule has 0 saturated carbocycles. The highest BCUT2D eigenvalue weighted by Gasteiger charge is 2.25. The average Bonchev–Trinajstić information content (AvgIpc) is 2.74. The summed E-state index contributed by atoms with van der Waals surface area (Å²) in [6, 6.07) is 13.7. The molecule has 0 bridgehead atoms. The number of likely N-dealkylation sites (N-methyl/N-ethyl adjacent to an activating group) is 1. The van der Waals surface area contributed by atoms with Crippen molar-refractivity contribution in [2.24, 2.45) is 0 Å². The number of rotatable bonds is 8. The first-order valence-corrected chi connectivity index (χ1v) is 11.4. The van der Waals surface area contributed by atoms with Crippen molar-refractivity contribution in [1.82, 2.24) is 9.21 Å². The number of hydrogen-bond donors (Lipinski definition) is 1. The van der Waals surface area contributed by atoms with E-state index in [1.165, 1.54) is 4.31 Å². The number of carbonyl (C=O) groups is 1. The van der Waals surface area contributed by atoms with Crippen molar-refractivity contribution >= 4 is 21.6 Å². The van der Waals surface area contributed by atoms with Crippen LogP contribution in [0.4, 0.5) is 5.69 Å². The number of benzene rings is 2. The van der Waals surface area contributed by atoms with Gasteiger partial charge in [0.25, 0.3) is 5.91 Å². The molecule has 2 aromatic rings. The van der Waals surface area contributed by atoms with Crippen LogP contribution in [0.3, 0.4) is 0 Å². The molecular weight excluding hydrogens is 402 g/mol. The molecule has 3 rings (SSSR count). The van der Waals surface area contributed by atoms with Crippen LogP contribution in [0.5, 0.6) is 5.75 Å². The summed E-state index contributed by atoms with van der Waals surface area (Å²) in [6.45, 7) is 6.51. The molecule has 160 valence electrons. The van der Waals surface area contributed by atoms with Gasteiger partial charge in [0, 0.05) is 37.4 Å². The molecule has 1 heterocycles. The Labute approximate surface area is 178 Å². The van der Waals surface area contributed by atoms with Gasteiger partial charge in [0.15, 0.2) is 0 Å². The molecule has 0 spiro atoms. The van der Waals surface area contributed by atoms with Gasteiger partial charge in [0.05, 0.1) is 5.75 Å². The number of amides is 1. The summed E-state index contributed by atoms with van der Waals surface area (Å²) < 4.78 is 32.2. The molecule has 0 radical (unpaired) electrons. The van der Waals surface area contributed by atoms with E-state index in [2.05, 4.69) is 16.8 Å². The summed E-state index contributed by atoms with van der Waals surface area (Å²) in [5.41, 5.74) is 1.77. The fourth-order valence-electron chi connectivity index (χ4n) is 3.11. The minimum atomic E-state index is -3.36. The molecule has 1 fully saturated rings. The number of hydrogen-bond acceptors (Lipinski definition) is 5. The number of ether oxygens (including phenoxy) is 1. The van der Waals surface area contributed by atoms with Crippen molar-refractivity contribution < 1.29 is 17.9 Å². The third-order valence-electron chi connectivity index (χ3n) is 4.90. The summed E-state index contributed by atoms with van der Waals surface area (Å²) in [4.78, 5) is 14.6. The minimum Gasteiger partial charge on any atom is -0.490 e. The predicted molar refractivity (Wildman–Crippen MR) is 118 cm³/mol. The Kier molecular flexibility index (Phi) is 7.25. The summed E-state index contributed by atoms with van der Waals surface area (Å²) in [7, 11) is -1.38. The van der Waals surface area contributed by atoms with Crippen molar-refractivity contribution in [3.05, 3.63) is 72.3 Å². The van der Waals surface area contributed by atoms with E-state index in [0.29, 0.717) is 42.3 Å². The summed E-state index contributed by atoms with van der Waals surface area (Å²) in [5, 5.41) is 2.82. The van der Waals surface area contributed by atoms with Crippen LogP contribution >= 0.6 is 0 Å². The third kappa shape index (κ3) is 5.91. The van der Waals surface area contributed by atoms with E-state index >= 15 is 0 Å². The maximum Gasteiger partial charge on any atom is 0.255 e. The van der Waals surface area contributed by atoms with Crippen molar-refractivity contribution in [3.8, 4) is 5.75 Å². The maximum atomic E-state index is 12.6. The van der Waals surface area contributed by atoms with E-state index < -0.39 is 10.0 Å². The highest BCUT2D eigenvalue weighted by molar-refractivity contribution is 7.88. The van der Waals surface area contributed by atoms with E-state index in [1.807, 2.05) is 7.05 Å². The highest BCUT2D eigenvalue weighted by atomic mass is 32.2. The van der Waals surface area contributed by atoms with Gasteiger partial charge in [-0.15, -0.1) is 0 Å². The number of anilines is 1. The van der Waals surface area contributed by atoms with Crippen LogP contribution in [-0.4, -0.2) is 63.4 Å². The topological polar surface area (TPSA) is 78.9 Å². The Bertz CT molecular complexity index is 964. The zero-order valence-corrected chi connectivity index (χ0v) is 17.9. The van der Waals surface area contributed by atoms with Crippen LogP contribution in [0, 0.1) is 0 Å². The Morgan fingerprint density at radius 1 is 1.07 bits per heavy atom. The molecule has 2 aromatic carbocycles. The van der Waals surface area contributed by atoms with Gasteiger partial charge in [-0.05, 0) is 49.0 Å². The van der Waals surface area contributed by atoms with Crippen molar-refractivity contribution in [2.75, 3.05) is 45.2 Å². The molecule has 1 N–H and O–H groups in total. The fourth-order valence-corrected chi connectivity index (χ4v) is 4.63. The fraction of sp³-hybridized carbons (Fsp3) is 0.318. The monoisotopic (exact) mass is 429 g/mol. The average molecular weight is 430 g/mol. The second-order valence-corrected chi connectivity index (χ2v) is 9.20. The van der Waals surface area contributed by atoms with Gasteiger partial charge < -0.3 is 15.0 Å². The lowest BCUT2D eigenvalue weighted by molar-refractivity contribution is 0.102. The van der Waals surface area contributed by atoms with Gasteiger partial charge in [-0.3, -0.25) is 4.79 Å². The first-order chi connectivity index (χ1) is 14.4. The Morgan fingerprint density at radius 3 is 2.30 bits per heavy atom. The Hall–Kier alpha value is -2.68. The molecule has 0 atom stereocenters. The van der Waals surface area contributed by atoms with Crippen molar-refractivity contribution in [1.29, 1.82) is 0 Å². The normalized spacial score (nSPS) is 15.5. The SMILES string of the molecule is C=CCOc1ccc(NC(=O)c2ccc(CS(=O)(=O)N3CCN(C)CC3)cc2)cc1. The summed E-state index contributed by atoms with van der Waals surface area (Å²) in [6.07, 6.45) is 1.66. The predicted octanol–water partition coefficient (Wildman–Crippen LogP) is 2.58. The minimum absolute atomic E-state index is 0.0647. The highest BCUT2D eigenvalue weighted by Crippen LogP contribution is 2.18. The van der Waals surface area contributed by atoms with Gasteiger partial charge in [0.2, 0.25) is 10.0 Å². The lowest BCUT2D eigenvalue weighted by Gasteiger charge is -2.31. The van der Waals surface area contributed by atoms with Crippen LogP contribution in [0.2, 0.25) is 0 Å².